The van der Waals surface area contributed by atoms with Gasteiger partial charge in [0.25, 0.3) is 0 Å². The van der Waals surface area contributed by atoms with E-state index in [0.717, 1.165) is 27.9 Å². The summed E-state index contributed by atoms with van der Waals surface area (Å²) in [5, 5.41) is 11.4. The molecule has 0 spiro atoms. The molecule has 0 saturated carbocycles. The maximum atomic E-state index is 11.4. The lowest BCUT2D eigenvalue weighted by molar-refractivity contribution is 0.451. The normalized spacial score (nSPS) is 12.2. The summed E-state index contributed by atoms with van der Waals surface area (Å²) in [6.07, 6.45) is 3.55. The van der Waals surface area contributed by atoms with Crippen LogP contribution in [0.2, 0.25) is 0 Å². The van der Waals surface area contributed by atoms with E-state index in [0.29, 0.717) is 6.54 Å². The molecule has 0 aliphatic carbocycles. The van der Waals surface area contributed by atoms with E-state index in [1.807, 2.05) is 42.5 Å². The van der Waals surface area contributed by atoms with Gasteiger partial charge >= 0.3 is 0 Å². The number of aliphatic imine (C=N–C) groups is 1. The summed E-state index contributed by atoms with van der Waals surface area (Å²) in [5.41, 5.74) is 5.36. The molecule has 1 heterocycles. The van der Waals surface area contributed by atoms with Crippen molar-refractivity contribution < 1.29 is 5.11 Å². The average Bonchev–Trinajstić information content (AvgIpc) is 2.86. The lowest BCUT2D eigenvalue weighted by atomic mass is 9.72. The van der Waals surface area contributed by atoms with Gasteiger partial charge in [0.05, 0.1) is 12.2 Å². The first-order chi connectivity index (χ1) is 16.3. The number of phenolic OH excluding ortho intramolecular Hbond substituents is 1. The summed E-state index contributed by atoms with van der Waals surface area (Å²) in [7, 11) is 0. The minimum atomic E-state index is -0.391. The number of benzene rings is 3. The Morgan fingerprint density at radius 3 is 1.91 bits per heavy atom. The molecule has 4 rings (SSSR count). The average molecular weight is 449 g/mol. The molecular weight excluding hydrogens is 416 g/mol. The molecule has 4 aromatic rings. The second-order valence-electron chi connectivity index (χ2n) is 9.73. The predicted octanol–water partition coefficient (Wildman–Crippen LogP) is 7.06. The van der Waals surface area contributed by atoms with Gasteiger partial charge in [-0.3, -0.25) is 9.98 Å². The summed E-state index contributed by atoms with van der Waals surface area (Å²) in [4.78, 5) is 8.97. The highest BCUT2D eigenvalue weighted by atomic mass is 16.3. The standard InChI is InChI=1S/C31H32N2O/c1-30(2,24-13-7-5-8-14-24)26-19-23(21-32-22-27-17-11-12-18-33-27)29(34)28(20-26)31(3,4)25-15-9-6-10-16-25/h5-21,34H,22H2,1-4H3. The van der Waals surface area contributed by atoms with Crippen LogP contribution >= 0.6 is 0 Å². The van der Waals surface area contributed by atoms with Gasteiger partial charge in [-0.2, -0.15) is 0 Å². The third-order valence-electron chi connectivity index (χ3n) is 6.74. The fourth-order valence-corrected chi connectivity index (χ4v) is 4.35. The number of nitrogens with zero attached hydrogens (tertiary/aromatic N) is 2. The number of hydrogen-bond acceptors (Lipinski definition) is 3. The van der Waals surface area contributed by atoms with Gasteiger partial charge in [-0.25, -0.2) is 0 Å². The van der Waals surface area contributed by atoms with Gasteiger partial charge in [-0.15, -0.1) is 0 Å². The summed E-state index contributed by atoms with van der Waals surface area (Å²) >= 11 is 0. The van der Waals surface area contributed by atoms with Crippen LogP contribution in [0.3, 0.4) is 0 Å². The van der Waals surface area contributed by atoms with Gasteiger partial charge in [0, 0.05) is 34.4 Å². The van der Waals surface area contributed by atoms with Crippen molar-refractivity contribution in [3.8, 4) is 5.75 Å². The summed E-state index contributed by atoms with van der Waals surface area (Å²) in [5.74, 6) is 0.270. The zero-order chi connectivity index (χ0) is 24.2. The monoisotopic (exact) mass is 448 g/mol. The highest BCUT2D eigenvalue weighted by Crippen LogP contribution is 2.42. The zero-order valence-electron chi connectivity index (χ0n) is 20.4. The van der Waals surface area contributed by atoms with Gasteiger partial charge in [-0.1, -0.05) is 100 Å². The molecule has 0 bridgehead atoms. The number of phenols is 1. The van der Waals surface area contributed by atoms with Crippen LogP contribution in [0, 0.1) is 0 Å². The van der Waals surface area contributed by atoms with Crippen LogP contribution < -0.4 is 0 Å². The van der Waals surface area contributed by atoms with Crippen molar-refractivity contribution in [1.82, 2.24) is 4.98 Å². The largest absolute Gasteiger partial charge is 0.507 e. The maximum absolute atomic E-state index is 11.4. The Balaban J connectivity index is 1.84. The molecular formula is C31H32N2O. The molecule has 1 N–H and O–H groups in total. The van der Waals surface area contributed by atoms with Crippen molar-refractivity contribution in [2.24, 2.45) is 4.99 Å². The fourth-order valence-electron chi connectivity index (χ4n) is 4.35. The summed E-state index contributed by atoms with van der Waals surface area (Å²) in [6, 6.07) is 30.9. The second kappa shape index (κ2) is 9.64. The van der Waals surface area contributed by atoms with E-state index in [-0.39, 0.29) is 11.2 Å². The molecule has 0 amide bonds. The van der Waals surface area contributed by atoms with Crippen molar-refractivity contribution in [2.75, 3.05) is 0 Å². The van der Waals surface area contributed by atoms with E-state index in [4.69, 9.17) is 0 Å². The Labute approximate surface area is 202 Å². The van der Waals surface area contributed by atoms with E-state index in [2.05, 4.69) is 86.2 Å². The number of aromatic hydroxyl groups is 1. The van der Waals surface area contributed by atoms with Crippen LogP contribution in [0.1, 0.15) is 61.2 Å². The number of hydrogen-bond donors (Lipinski definition) is 1. The van der Waals surface area contributed by atoms with E-state index in [9.17, 15) is 5.11 Å². The van der Waals surface area contributed by atoms with Gasteiger partial charge in [0.2, 0.25) is 0 Å². The van der Waals surface area contributed by atoms with Gasteiger partial charge in [0.15, 0.2) is 0 Å². The SMILES string of the molecule is CC(C)(c1ccccc1)c1cc(C=NCc2ccccn2)c(O)c(C(C)(C)c2ccccc2)c1. The third-order valence-corrected chi connectivity index (χ3v) is 6.74. The third kappa shape index (κ3) is 4.79. The lowest BCUT2D eigenvalue weighted by Crippen LogP contribution is -2.24. The Hall–Kier alpha value is -3.72. The molecule has 3 heteroatoms. The minimum Gasteiger partial charge on any atom is -0.507 e. The molecule has 0 fully saturated rings. The molecule has 0 atom stereocenters. The van der Waals surface area contributed by atoms with E-state index < -0.39 is 5.41 Å². The minimum absolute atomic E-state index is 0.250. The van der Waals surface area contributed by atoms with E-state index in [1.54, 1.807) is 12.4 Å². The highest BCUT2D eigenvalue weighted by Gasteiger charge is 2.31. The van der Waals surface area contributed by atoms with Crippen LogP contribution in [-0.4, -0.2) is 16.3 Å². The first-order valence-electron chi connectivity index (χ1n) is 11.7. The van der Waals surface area contributed by atoms with Crippen LogP contribution in [0.25, 0.3) is 0 Å². The Bertz CT molecular complexity index is 1260. The number of rotatable bonds is 7. The van der Waals surface area contributed by atoms with Gasteiger partial charge in [-0.05, 0) is 34.9 Å². The Morgan fingerprint density at radius 1 is 0.735 bits per heavy atom. The first-order valence-corrected chi connectivity index (χ1v) is 11.7. The smallest absolute Gasteiger partial charge is 0.128 e. The van der Waals surface area contributed by atoms with Gasteiger partial charge < -0.3 is 5.11 Å². The van der Waals surface area contributed by atoms with Crippen LogP contribution in [0.15, 0.2) is 102 Å². The quantitative estimate of drug-likeness (QED) is 0.308. The lowest BCUT2D eigenvalue weighted by Gasteiger charge is -2.32. The molecule has 3 aromatic carbocycles. The van der Waals surface area contributed by atoms with E-state index >= 15 is 0 Å². The predicted molar refractivity (Wildman–Crippen MR) is 141 cm³/mol. The molecule has 3 nitrogen and oxygen atoms in total. The molecule has 0 saturated heterocycles. The topological polar surface area (TPSA) is 45.5 Å². The van der Waals surface area contributed by atoms with Crippen molar-refractivity contribution >= 4 is 6.21 Å². The van der Waals surface area contributed by atoms with Crippen molar-refractivity contribution in [2.45, 2.75) is 45.1 Å². The molecule has 0 aliphatic rings. The Morgan fingerprint density at radius 2 is 1.32 bits per heavy atom. The fraction of sp³-hybridized carbons (Fsp3) is 0.226. The summed E-state index contributed by atoms with van der Waals surface area (Å²) in [6.45, 7) is 9.23. The number of pyridine rings is 1. The number of aromatic nitrogens is 1. The molecule has 0 unspecified atom stereocenters. The molecule has 1 aromatic heterocycles. The summed E-state index contributed by atoms with van der Waals surface area (Å²) < 4.78 is 0. The molecule has 0 aliphatic heterocycles. The van der Waals surface area contributed by atoms with Crippen LogP contribution in [0.5, 0.6) is 5.75 Å². The second-order valence-corrected chi connectivity index (χ2v) is 9.73. The molecule has 0 radical (unpaired) electrons. The highest BCUT2D eigenvalue weighted by molar-refractivity contribution is 5.85. The van der Waals surface area contributed by atoms with Crippen molar-refractivity contribution in [3.63, 3.8) is 0 Å². The zero-order valence-corrected chi connectivity index (χ0v) is 20.4. The first kappa shape index (κ1) is 23.4. The molecule has 34 heavy (non-hydrogen) atoms. The maximum Gasteiger partial charge on any atom is 0.128 e. The van der Waals surface area contributed by atoms with E-state index in [1.165, 1.54) is 5.56 Å². The van der Waals surface area contributed by atoms with Crippen molar-refractivity contribution in [3.05, 3.63) is 131 Å². The molecule has 172 valence electrons. The van der Waals surface area contributed by atoms with Crippen LogP contribution in [-0.2, 0) is 17.4 Å². The van der Waals surface area contributed by atoms with Crippen LogP contribution in [0.4, 0.5) is 0 Å². The van der Waals surface area contributed by atoms with Gasteiger partial charge in [0.1, 0.15) is 5.75 Å². The van der Waals surface area contributed by atoms with Crippen molar-refractivity contribution in [1.29, 1.82) is 0 Å². The Kier molecular flexibility index (Phi) is 6.65.